The molecule has 0 unspecified atom stereocenters. The largest absolute Gasteiger partial charge is 0.491 e. The molecule has 0 atom stereocenters. The number of benzene rings is 2. The smallest absolute Gasteiger partial charge is 0.255 e. The number of amides is 1. The Kier molecular flexibility index (Phi) is 6.11. The van der Waals surface area contributed by atoms with Gasteiger partial charge in [-0.3, -0.25) is 9.78 Å². The Hall–Kier alpha value is -3.81. The molecule has 6 nitrogen and oxygen atoms in total. The number of aryl methyl sites for hydroxylation is 1. The van der Waals surface area contributed by atoms with Gasteiger partial charge in [0, 0.05) is 24.2 Å². The van der Waals surface area contributed by atoms with Crippen molar-refractivity contribution in [3.05, 3.63) is 83.3 Å². The Morgan fingerprint density at radius 2 is 1.94 bits per heavy atom. The molecule has 32 heavy (non-hydrogen) atoms. The van der Waals surface area contributed by atoms with Gasteiger partial charge in [0.25, 0.3) is 5.91 Å². The number of carbonyl (C=O) groups excluding carboxylic acids is 1. The molecule has 0 aliphatic carbocycles. The maximum Gasteiger partial charge on any atom is 0.255 e. The van der Waals surface area contributed by atoms with Gasteiger partial charge in [0.1, 0.15) is 22.8 Å². The minimum Gasteiger partial charge on any atom is -0.491 e. The van der Waals surface area contributed by atoms with E-state index in [0.29, 0.717) is 42.3 Å². The summed E-state index contributed by atoms with van der Waals surface area (Å²) in [6, 6.07) is 12.8. The highest BCUT2D eigenvalue weighted by atomic mass is 19.1. The predicted molar refractivity (Wildman–Crippen MR) is 117 cm³/mol. The van der Waals surface area contributed by atoms with Crippen molar-refractivity contribution in [3.63, 3.8) is 0 Å². The van der Waals surface area contributed by atoms with E-state index in [1.165, 1.54) is 10.7 Å². The molecule has 2 aromatic carbocycles. The molecule has 1 N–H and O–H groups in total. The van der Waals surface area contributed by atoms with Crippen LogP contribution in [0.5, 0.6) is 5.75 Å². The van der Waals surface area contributed by atoms with Crippen LogP contribution in [0.15, 0.2) is 54.7 Å². The van der Waals surface area contributed by atoms with Crippen LogP contribution in [0.4, 0.5) is 8.78 Å². The molecule has 0 aliphatic rings. The topological polar surface area (TPSA) is 69.0 Å². The molecule has 1 amide bonds. The van der Waals surface area contributed by atoms with Crippen LogP contribution in [0.25, 0.3) is 16.6 Å². The summed E-state index contributed by atoms with van der Waals surface area (Å²) in [7, 11) is 0. The average molecular weight is 436 g/mol. The molecule has 0 fully saturated rings. The van der Waals surface area contributed by atoms with Gasteiger partial charge in [0.05, 0.1) is 23.6 Å². The predicted octanol–water partition coefficient (Wildman–Crippen LogP) is 4.51. The number of carbonyl (C=O) groups is 1. The highest BCUT2D eigenvalue weighted by molar-refractivity contribution is 5.96. The first kappa shape index (κ1) is 21.4. The van der Waals surface area contributed by atoms with E-state index in [1.807, 2.05) is 30.3 Å². The van der Waals surface area contributed by atoms with E-state index >= 15 is 0 Å². The fourth-order valence-electron chi connectivity index (χ4n) is 3.60. The number of aromatic nitrogens is 3. The normalized spacial score (nSPS) is 11.0. The van der Waals surface area contributed by atoms with Gasteiger partial charge < -0.3 is 10.1 Å². The summed E-state index contributed by atoms with van der Waals surface area (Å²) in [6.45, 7) is 4.16. The van der Waals surface area contributed by atoms with Crippen molar-refractivity contribution in [2.24, 2.45) is 0 Å². The third-order valence-corrected chi connectivity index (χ3v) is 5.12. The van der Waals surface area contributed by atoms with Gasteiger partial charge in [-0.2, -0.15) is 5.10 Å². The zero-order chi connectivity index (χ0) is 22.7. The van der Waals surface area contributed by atoms with E-state index in [-0.39, 0.29) is 11.6 Å². The number of rotatable bonds is 7. The molecule has 0 bridgehead atoms. The number of pyridine rings is 1. The van der Waals surface area contributed by atoms with Gasteiger partial charge in [-0.1, -0.05) is 18.2 Å². The van der Waals surface area contributed by atoms with Crippen molar-refractivity contribution in [2.75, 3.05) is 13.2 Å². The lowest BCUT2D eigenvalue weighted by atomic mass is 10.2. The highest BCUT2D eigenvalue weighted by Crippen LogP contribution is 2.23. The van der Waals surface area contributed by atoms with Crippen molar-refractivity contribution in [3.8, 4) is 11.4 Å². The standard InChI is InChI=1S/C24H22F2N4O2/c1-15-22(16(2)30(29-15)20-10-9-18(25)14-19(20)26)24(31)28-12-5-13-32-21-8-3-6-17-7-4-11-27-23(17)21/h3-4,6-11,14H,5,12-13H2,1-2H3,(H,28,31). The molecule has 0 aliphatic heterocycles. The molecule has 2 heterocycles. The molecule has 0 spiro atoms. The molecule has 0 radical (unpaired) electrons. The molecule has 2 aromatic heterocycles. The minimum absolute atomic E-state index is 0.0862. The SMILES string of the molecule is Cc1nn(-c2ccc(F)cc2F)c(C)c1C(=O)NCCCOc1cccc2cccnc12. The summed E-state index contributed by atoms with van der Waals surface area (Å²) < 4.78 is 34.5. The lowest BCUT2D eigenvalue weighted by Crippen LogP contribution is -2.26. The Morgan fingerprint density at radius 3 is 2.75 bits per heavy atom. The quantitative estimate of drug-likeness (QED) is 0.433. The van der Waals surface area contributed by atoms with E-state index in [0.717, 1.165) is 23.0 Å². The van der Waals surface area contributed by atoms with Crippen LogP contribution in [-0.4, -0.2) is 33.8 Å². The number of hydrogen-bond acceptors (Lipinski definition) is 4. The van der Waals surface area contributed by atoms with Gasteiger partial charge in [-0.15, -0.1) is 0 Å². The van der Waals surface area contributed by atoms with Crippen LogP contribution < -0.4 is 10.1 Å². The van der Waals surface area contributed by atoms with E-state index in [9.17, 15) is 13.6 Å². The second kappa shape index (κ2) is 9.13. The summed E-state index contributed by atoms with van der Waals surface area (Å²) >= 11 is 0. The van der Waals surface area contributed by atoms with Gasteiger partial charge in [0.2, 0.25) is 0 Å². The van der Waals surface area contributed by atoms with Crippen LogP contribution >= 0.6 is 0 Å². The zero-order valence-electron chi connectivity index (χ0n) is 17.7. The summed E-state index contributed by atoms with van der Waals surface area (Å²) in [4.78, 5) is 17.1. The van der Waals surface area contributed by atoms with Crippen LogP contribution in [0, 0.1) is 25.5 Å². The van der Waals surface area contributed by atoms with Crippen LogP contribution in [0.3, 0.4) is 0 Å². The minimum atomic E-state index is -0.748. The van der Waals surface area contributed by atoms with Crippen LogP contribution in [0.2, 0.25) is 0 Å². The first-order valence-electron chi connectivity index (χ1n) is 10.2. The van der Waals surface area contributed by atoms with Gasteiger partial charge >= 0.3 is 0 Å². The van der Waals surface area contributed by atoms with Crippen molar-refractivity contribution >= 4 is 16.8 Å². The fraction of sp³-hybridized carbons (Fsp3) is 0.208. The molecule has 164 valence electrons. The van der Waals surface area contributed by atoms with E-state index in [4.69, 9.17) is 4.74 Å². The van der Waals surface area contributed by atoms with Crippen molar-refractivity contribution in [1.82, 2.24) is 20.1 Å². The summed E-state index contributed by atoms with van der Waals surface area (Å²) in [5, 5.41) is 8.12. The fourth-order valence-corrected chi connectivity index (χ4v) is 3.60. The number of hydrogen-bond donors (Lipinski definition) is 1. The number of nitrogens with one attached hydrogen (secondary N) is 1. The first-order chi connectivity index (χ1) is 15.5. The lowest BCUT2D eigenvalue weighted by molar-refractivity contribution is 0.0950. The monoisotopic (exact) mass is 436 g/mol. The second-order valence-corrected chi connectivity index (χ2v) is 7.34. The highest BCUT2D eigenvalue weighted by Gasteiger charge is 2.20. The molecule has 4 rings (SSSR count). The Morgan fingerprint density at radius 1 is 1.12 bits per heavy atom. The lowest BCUT2D eigenvalue weighted by Gasteiger charge is -2.10. The van der Waals surface area contributed by atoms with Crippen molar-refractivity contribution in [1.29, 1.82) is 0 Å². The number of nitrogens with zero attached hydrogens (tertiary/aromatic N) is 3. The first-order valence-corrected chi connectivity index (χ1v) is 10.2. The van der Waals surface area contributed by atoms with Gasteiger partial charge in [-0.25, -0.2) is 13.5 Å². The summed E-state index contributed by atoms with van der Waals surface area (Å²) in [6.07, 6.45) is 2.31. The number of para-hydroxylation sites is 1. The molecule has 8 heteroatoms. The van der Waals surface area contributed by atoms with E-state index in [2.05, 4.69) is 15.4 Å². The molecule has 0 saturated carbocycles. The molecular weight excluding hydrogens is 414 g/mol. The van der Waals surface area contributed by atoms with Crippen LogP contribution in [-0.2, 0) is 0 Å². The molecule has 0 saturated heterocycles. The average Bonchev–Trinajstić information content (AvgIpc) is 3.07. The third-order valence-electron chi connectivity index (χ3n) is 5.12. The summed E-state index contributed by atoms with van der Waals surface area (Å²) in [5.41, 5.74) is 2.19. The Bertz CT molecular complexity index is 1280. The van der Waals surface area contributed by atoms with Gasteiger partial charge in [0.15, 0.2) is 5.82 Å². The zero-order valence-corrected chi connectivity index (χ0v) is 17.7. The summed E-state index contributed by atoms with van der Waals surface area (Å²) in [5.74, 6) is -1.03. The second-order valence-electron chi connectivity index (χ2n) is 7.34. The van der Waals surface area contributed by atoms with Crippen molar-refractivity contribution < 1.29 is 18.3 Å². The van der Waals surface area contributed by atoms with Crippen LogP contribution in [0.1, 0.15) is 28.2 Å². The Balaban J connectivity index is 1.37. The van der Waals surface area contributed by atoms with Crippen molar-refractivity contribution in [2.45, 2.75) is 20.3 Å². The van der Waals surface area contributed by atoms with E-state index < -0.39 is 11.6 Å². The maximum atomic E-state index is 14.2. The Labute approximate surface area is 183 Å². The maximum absolute atomic E-state index is 14.2. The van der Waals surface area contributed by atoms with Gasteiger partial charge in [-0.05, 0) is 44.5 Å². The number of fused-ring (bicyclic) bond motifs is 1. The number of ether oxygens (including phenoxy) is 1. The number of halogens is 2. The molecular formula is C24H22F2N4O2. The van der Waals surface area contributed by atoms with E-state index in [1.54, 1.807) is 20.0 Å². The molecule has 4 aromatic rings. The third kappa shape index (κ3) is 4.30.